The Labute approximate surface area is 126 Å². The van der Waals surface area contributed by atoms with Gasteiger partial charge in [0, 0.05) is 45.8 Å². The highest BCUT2D eigenvalue weighted by atomic mass is 15.3. The molecule has 0 radical (unpaired) electrons. The molecule has 1 saturated heterocycles. The summed E-state index contributed by atoms with van der Waals surface area (Å²) in [5, 5.41) is 3.57. The SMILES string of the molecule is CC(C)CNCC(C)CN1CCN(CCN(C)C)CC1. The van der Waals surface area contributed by atoms with Crippen molar-refractivity contribution in [2.45, 2.75) is 20.8 Å². The number of hydrogen-bond donors (Lipinski definition) is 1. The van der Waals surface area contributed by atoms with E-state index in [4.69, 9.17) is 0 Å². The summed E-state index contributed by atoms with van der Waals surface area (Å²) < 4.78 is 0. The lowest BCUT2D eigenvalue weighted by Crippen LogP contribution is -2.49. The molecule has 4 heteroatoms. The van der Waals surface area contributed by atoms with E-state index in [2.05, 4.69) is 54.9 Å². The molecule has 1 aliphatic heterocycles. The van der Waals surface area contributed by atoms with Gasteiger partial charge in [-0.25, -0.2) is 0 Å². The van der Waals surface area contributed by atoms with Gasteiger partial charge in [0.15, 0.2) is 0 Å². The minimum Gasteiger partial charge on any atom is -0.316 e. The Balaban J connectivity index is 2.09. The Bertz CT molecular complexity index is 235. The second kappa shape index (κ2) is 9.72. The van der Waals surface area contributed by atoms with Gasteiger partial charge in [-0.15, -0.1) is 0 Å². The Morgan fingerprint density at radius 1 is 0.950 bits per heavy atom. The van der Waals surface area contributed by atoms with Gasteiger partial charge in [0.05, 0.1) is 0 Å². The van der Waals surface area contributed by atoms with Crippen molar-refractivity contribution >= 4 is 0 Å². The van der Waals surface area contributed by atoms with Crippen molar-refractivity contribution in [1.82, 2.24) is 20.0 Å². The molecular formula is C16H36N4. The van der Waals surface area contributed by atoms with Gasteiger partial charge in [-0.3, -0.25) is 4.90 Å². The fourth-order valence-electron chi connectivity index (χ4n) is 2.66. The molecule has 0 aromatic rings. The van der Waals surface area contributed by atoms with Gasteiger partial charge >= 0.3 is 0 Å². The minimum absolute atomic E-state index is 0.752. The molecule has 0 saturated carbocycles. The summed E-state index contributed by atoms with van der Waals surface area (Å²) in [6.45, 7) is 17.8. The normalized spacial score (nSPS) is 19.9. The van der Waals surface area contributed by atoms with Gasteiger partial charge in [0.25, 0.3) is 0 Å². The van der Waals surface area contributed by atoms with Gasteiger partial charge in [-0.1, -0.05) is 20.8 Å². The smallest absolute Gasteiger partial charge is 0.0110 e. The van der Waals surface area contributed by atoms with E-state index in [1.54, 1.807) is 0 Å². The Morgan fingerprint density at radius 2 is 1.55 bits per heavy atom. The summed E-state index contributed by atoms with van der Waals surface area (Å²) in [5.41, 5.74) is 0. The second-order valence-electron chi connectivity index (χ2n) is 7.10. The molecule has 1 rings (SSSR count). The van der Waals surface area contributed by atoms with Gasteiger partial charge in [-0.05, 0) is 39.0 Å². The Morgan fingerprint density at radius 3 is 2.10 bits per heavy atom. The van der Waals surface area contributed by atoms with Crippen molar-refractivity contribution in [2.24, 2.45) is 11.8 Å². The molecule has 0 aromatic carbocycles. The fourth-order valence-corrected chi connectivity index (χ4v) is 2.66. The summed E-state index contributed by atoms with van der Waals surface area (Å²) in [4.78, 5) is 7.50. The van der Waals surface area contributed by atoms with E-state index in [9.17, 15) is 0 Å². The zero-order valence-corrected chi connectivity index (χ0v) is 14.4. The van der Waals surface area contributed by atoms with Crippen LogP contribution >= 0.6 is 0 Å². The average Bonchev–Trinajstić information content (AvgIpc) is 2.37. The lowest BCUT2D eigenvalue weighted by molar-refractivity contribution is 0.114. The molecule has 0 amide bonds. The van der Waals surface area contributed by atoms with E-state index in [0.29, 0.717) is 0 Å². The van der Waals surface area contributed by atoms with Crippen LogP contribution in [-0.4, -0.2) is 87.7 Å². The summed E-state index contributed by atoms with van der Waals surface area (Å²) in [5.74, 6) is 1.50. The molecule has 120 valence electrons. The number of likely N-dealkylation sites (N-methyl/N-ethyl adjacent to an activating group) is 1. The van der Waals surface area contributed by atoms with Crippen LogP contribution in [0, 0.1) is 11.8 Å². The summed E-state index contributed by atoms with van der Waals surface area (Å²) >= 11 is 0. The second-order valence-corrected chi connectivity index (χ2v) is 7.10. The first-order valence-electron chi connectivity index (χ1n) is 8.27. The van der Waals surface area contributed by atoms with Crippen LogP contribution in [0.4, 0.5) is 0 Å². The van der Waals surface area contributed by atoms with Crippen molar-refractivity contribution in [2.75, 3.05) is 73.0 Å². The van der Waals surface area contributed by atoms with Crippen molar-refractivity contribution in [3.63, 3.8) is 0 Å². The average molecular weight is 284 g/mol. The maximum absolute atomic E-state index is 3.57. The number of hydrogen-bond acceptors (Lipinski definition) is 4. The topological polar surface area (TPSA) is 21.8 Å². The number of rotatable bonds is 9. The number of nitrogens with zero attached hydrogens (tertiary/aromatic N) is 3. The number of piperazine rings is 1. The van der Waals surface area contributed by atoms with E-state index in [1.165, 1.54) is 45.8 Å². The third kappa shape index (κ3) is 8.20. The van der Waals surface area contributed by atoms with Crippen molar-refractivity contribution in [1.29, 1.82) is 0 Å². The van der Waals surface area contributed by atoms with Crippen LogP contribution < -0.4 is 5.32 Å². The molecule has 0 bridgehead atoms. The van der Waals surface area contributed by atoms with Crippen LogP contribution in [0.1, 0.15) is 20.8 Å². The van der Waals surface area contributed by atoms with Gasteiger partial charge in [-0.2, -0.15) is 0 Å². The Hall–Kier alpha value is -0.160. The molecule has 1 unspecified atom stereocenters. The van der Waals surface area contributed by atoms with Crippen LogP contribution in [-0.2, 0) is 0 Å². The Kier molecular flexibility index (Phi) is 8.69. The van der Waals surface area contributed by atoms with E-state index < -0.39 is 0 Å². The summed E-state index contributed by atoms with van der Waals surface area (Å²) in [6, 6.07) is 0. The molecule has 4 nitrogen and oxygen atoms in total. The fraction of sp³-hybridized carbons (Fsp3) is 1.00. The first-order chi connectivity index (χ1) is 9.47. The molecule has 1 fully saturated rings. The van der Waals surface area contributed by atoms with Gasteiger partial charge in [0.2, 0.25) is 0 Å². The van der Waals surface area contributed by atoms with E-state index in [0.717, 1.165) is 24.9 Å². The largest absolute Gasteiger partial charge is 0.316 e. The van der Waals surface area contributed by atoms with E-state index >= 15 is 0 Å². The standard InChI is InChI=1S/C16H36N4/c1-15(2)12-17-13-16(3)14-20-10-8-19(9-11-20)7-6-18(4)5/h15-17H,6-14H2,1-5H3. The quantitative estimate of drug-likeness (QED) is 0.683. The monoisotopic (exact) mass is 284 g/mol. The van der Waals surface area contributed by atoms with Gasteiger partial charge in [0.1, 0.15) is 0 Å². The number of nitrogens with one attached hydrogen (secondary N) is 1. The summed E-state index contributed by atoms with van der Waals surface area (Å²) in [6.07, 6.45) is 0. The predicted molar refractivity (Wildman–Crippen MR) is 88.3 cm³/mol. The highest BCUT2D eigenvalue weighted by Crippen LogP contribution is 2.05. The van der Waals surface area contributed by atoms with Crippen LogP contribution in [0.2, 0.25) is 0 Å². The lowest BCUT2D eigenvalue weighted by Gasteiger charge is -2.36. The molecule has 0 aromatic heterocycles. The van der Waals surface area contributed by atoms with Crippen LogP contribution in [0.3, 0.4) is 0 Å². The van der Waals surface area contributed by atoms with Gasteiger partial charge < -0.3 is 15.1 Å². The third-order valence-corrected chi connectivity index (χ3v) is 3.94. The maximum Gasteiger partial charge on any atom is 0.0110 e. The van der Waals surface area contributed by atoms with Crippen molar-refractivity contribution < 1.29 is 0 Å². The molecule has 0 spiro atoms. The lowest BCUT2D eigenvalue weighted by atomic mass is 10.1. The highest BCUT2D eigenvalue weighted by Gasteiger charge is 2.18. The third-order valence-electron chi connectivity index (χ3n) is 3.94. The van der Waals surface area contributed by atoms with Crippen LogP contribution in [0.5, 0.6) is 0 Å². The molecule has 0 aliphatic carbocycles. The minimum atomic E-state index is 0.752. The van der Waals surface area contributed by atoms with E-state index in [-0.39, 0.29) is 0 Å². The highest BCUT2D eigenvalue weighted by molar-refractivity contribution is 4.74. The van der Waals surface area contributed by atoms with Crippen LogP contribution in [0.25, 0.3) is 0 Å². The van der Waals surface area contributed by atoms with Crippen molar-refractivity contribution in [3.05, 3.63) is 0 Å². The van der Waals surface area contributed by atoms with Crippen molar-refractivity contribution in [3.8, 4) is 0 Å². The zero-order chi connectivity index (χ0) is 15.0. The predicted octanol–water partition coefficient (Wildman–Crippen LogP) is 1.05. The molecule has 20 heavy (non-hydrogen) atoms. The first-order valence-corrected chi connectivity index (χ1v) is 8.27. The molecule has 1 N–H and O–H groups in total. The molecule has 1 heterocycles. The molecular weight excluding hydrogens is 248 g/mol. The first kappa shape index (κ1) is 17.9. The maximum atomic E-state index is 3.57. The zero-order valence-electron chi connectivity index (χ0n) is 14.4. The van der Waals surface area contributed by atoms with E-state index in [1.807, 2.05) is 0 Å². The van der Waals surface area contributed by atoms with Crippen LogP contribution in [0.15, 0.2) is 0 Å². The molecule has 1 aliphatic rings. The summed E-state index contributed by atoms with van der Waals surface area (Å²) in [7, 11) is 4.31. The molecule has 1 atom stereocenters.